The fourth-order valence-electron chi connectivity index (χ4n) is 1.79. The predicted octanol–water partition coefficient (Wildman–Crippen LogP) is 1.44. The molecule has 7 heteroatoms. The van der Waals surface area contributed by atoms with Crippen molar-refractivity contribution in [1.29, 1.82) is 0 Å². The van der Waals surface area contributed by atoms with Crippen LogP contribution < -0.4 is 5.43 Å². The van der Waals surface area contributed by atoms with E-state index in [1.165, 1.54) is 19.1 Å². The summed E-state index contributed by atoms with van der Waals surface area (Å²) in [4.78, 5) is 35.4. The minimum Gasteiger partial charge on any atom is -0.477 e. The molecule has 2 rings (SSSR count). The van der Waals surface area contributed by atoms with Gasteiger partial charge in [-0.15, -0.1) is 0 Å². The minimum absolute atomic E-state index is 0.123. The van der Waals surface area contributed by atoms with Crippen molar-refractivity contribution in [3.63, 3.8) is 0 Å². The largest absolute Gasteiger partial charge is 0.477 e. The Kier molecular flexibility index (Phi) is 2.59. The maximum atomic E-state index is 11.8. The maximum absolute atomic E-state index is 11.8. The fourth-order valence-corrected chi connectivity index (χ4v) is 1.79. The van der Waals surface area contributed by atoms with E-state index in [1.54, 1.807) is 0 Å². The molecule has 7 nitrogen and oxygen atoms in total. The number of hydrogen-bond donors (Lipinski definition) is 2. The minimum atomic E-state index is -1.34. The third-order valence-corrected chi connectivity index (χ3v) is 2.71. The molecule has 1 heterocycles. The van der Waals surface area contributed by atoms with Crippen LogP contribution in [0.2, 0.25) is 0 Å². The second-order valence-corrected chi connectivity index (χ2v) is 3.73. The molecule has 2 N–H and O–H groups in total. The topological polar surface area (TPSA) is 113 Å². The first-order chi connectivity index (χ1) is 8.43. The smallest absolute Gasteiger partial charge is 0.341 e. The number of nitro groups is 1. The number of aryl methyl sites for hydroxylation is 1. The molecule has 0 aliphatic carbocycles. The van der Waals surface area contributed by atoms with Crippen molar-refractivity contribution in [1.82, 2.24) is 4.98 Å². The normalized spacial score (nSPS) is 10.5. The van der Waals surface area contributed by atoms with Crippen LogP contribution in [0.4, 0.5) is 5.69 Å². The van der Waals surface area contributed by atoms with Gasteiger partial charge in [0.05, 0.1) is 16.0 Å². The van der Waals surface area contributed by atoms with Crippen LogP contribution >= 0.6 is 0 Å². The van der Waals surface area contributed by atoms with E-state index in [0.717, 1.165) is 6.20 Å². The number of aromatic amines is 1. The third kappa shape index (κ3) is 1.61. The van der Waals surface area contributed by atoms with Gasteiger partial charge in [0.1, 0.15) is 5.56 Å². The highest BCUT2D eigenvalue weighted by Crippen LogP contribution is 2.23. The average molecular weight is 248 g/mol. The van der Waals surface area contributed by atoms with Gasteiger partial charge < -0.3 is 10.1 Å². The maximum Gasteiger partial charge on any atom is 0.341 e. The summed E-state index contributed by atoms with van der Waals surface area (Å²) in [5, 5.41) is 19.7. The highest BCUT2D eigenvalue weighted by molar-refractivity contribution is 5.93. The Balaban J connectivity index is 2.88. The molecule has 0 fully saturated rings. The number of rotatable bonds is 2. The number of aromatic carboxylic acids is 1. The van der Waals surface area contributed by atoms with E-state index < -0.39 is 21.9 Å². The van der Waals surface area contributed by atoms with E-state index in [4.69, 9.17) is 5.11 Å². The number of nitro benzene ring substituents is 1. The van der Waals surface area contributed by atoms with Gasteiger partial charge in [0, 0.05) is 17.6 Å². The molecular formula is C11H8N2O5. The lowest BCUT2D eigenvalue weighted by atomic mass is 10.1. The summed E-state index contributed by atoms with van der Waals surface area (Å²) in [6.07, 6.45) is 1.05. The molecule has 18 heavy (non-hydrogen) atoms. The van der Waals surface area contributed by atoms with Crippen LogP contribution in [0.3, 0.4) is 0 Å². The van der Waals surface area contributed by atoms with Crippen LogP contribution in [-0.4, -0.2) is 21.0 Å². The first-order valence-corrected chi connectivity index (χ1v) is 4.96. The lowest BCUT2D eigenvalue weighted by molar-refractivity contribution is -0.385. The number of aromatic nitrogens is 1. The second-order valence-electron chi connectivity index (χ2n) is 3.73. The molecule has 0 radical (unpaired) electrons. The van der Waals surface area contributed by atoms with Gasteiger partial charge in [0.2, 0.25) is 5.43 Å². The first kappa shape index (κ1) is 11.8. The molecular weight excluding hydrogens is 240 g/mol. The zero-order valence-electron chi connectivity index (χ0n) is 9.26. The number of pyridine rings is 1. The number of carboxylic acid groups (broad SMARTS) is 1. The zero-order chi connectivity index (χ0) is 13.4. The SMILES string of the molecule is Cc1c([N+](=O)[O-])ccc2c(=O)c(C(=O)O)c[nH]c12. The summed E-state index contributed by atoms with van der Waals surface area (Å²) in [5.74, 6) is -1.34. The average Bonchev–Trinajstić information content (AvgIpc) is 2.29. The quantitative estimate of drug-likeness (QED) is 0.616. The van der Waals surface area contributed by atoms with Crippen LogP contribution in [0.15, 0.2) is 23.1 Å². The van der Waals surface area contributed by atoms with Crippen LogP contribution in [-0.2, 0) is 0 Å². The first-order valence-electron chi connectivity index (χ1n) is 4.96. The van der Waals surface area contributed by atoms with E-state index >= 15 is 0 Å². The summed E-state index contributed by atoms with van der Waals surface area (Å²) >= 11 is 0. The number of H-pyrrole nitrogens is 1. The number of nitrogens with zero attached hydrogens (tertiary/aromatic N) is 1. The number of fused-ring (bicyclic) bond motifs is 1. The van der Waals surface area contributed by atoms with E-state index in [9.17, 15) is 19.7 Å². The Hall–Kier alpha value is -2.70. The molecule has 0 bridgehead atoms. The Morgan fingerprint density at radius 1 is 1.44 bits per heavy atom. The van der Waals surface area contributed by atoms with Crippen molar-refractivity contribution in [2.45, 2.75) is 6.92 Å². The van der Waals surface area contributed by atoms with E-state index in [0.29, 0.717) is 5.56 Å². The molecule has 0 unspecified atom stereocenters. The van der Waals surface area contributed by atoms with Gasteiger partial charge in [-0.1, -0.05) is 0 Å². The number of hydrogen-bond acceptors (Lipinski definition) is 4. The summed E-state index contributed by atoms with van der Waals surface area (Å²) in [5.41, 5.74) is -0.600. The van der Waals surface area contributed by atoms with Crippen LogP contribution in [0.5, 0.6) is 0 Å². The van der Waals surface area contributed by atoms with Gasteiger partial charge in [-0.3, -0.25) is 14.9 Å². The van der Waals surface area contributed by atoms with E-state index in [2.05, 4.69) is 4.98 Å². The van der Waals surface area contributed by atoms with Crippen molar-refractivity contribution in [3.05, 3.63) is 49.8 Å². The van der Waals surface area contributed by atoms with Crippen molar-refractivity contribution in [2.24, 2.45) is 0 Å². The summed E-state index contributed by atoms with van der Waals surface area (Å²) in [6.45, 7) is 1.50. The molecule has 0 atom stereocenters. The molecule has 1 aromatic heterocycles. The number of benzene rings is 1. The molecule has 0 saturated carbocycles. The molecule has 0 aliphatic heterocycles. The fraction of sp³-hybridized carbons (Fsp3) is 0.0909. The van der Waals surface area contributed by atoms with Gasteiger partial charge in [-0.25, -0.2) is 4.79 Å². The van der Waals surface area contributed by atoms with Crippen molar-refractivity contribution < 1.29 is 14.8 Å². The molecule has 0 spiro atoms. The van der Waals surface area contributed by atoms with E-state index in [1.807, 2.05) is 0 Å². The van der Waals surface area contributed by atoms with Crippen molar-refractivity contribution in [3.8, 4) is 0 Å². The molecule has 92 valence electrons. The third-order valence-electron chi connectivity index (χ3n) is 2.71. The Morgan fingerprint density at radius 2 is 2.11 bits per heavy atom. The molecule has 2 aromatic rings. The number of nitrogens with one attached hydrogen (secondary N) is 1. The monoisotopic (exact) mass is 248 g/mol. The second kappa shape index (κ2) is 3.95. The van der Waals surface area contributed by atoms with Gasteiger partial charge in [-0.2, -0.15) is 0 Å². The molecule has 0 saturated heterocycles. The molecule has 1 aromatic carbocycles. The Morgan fingerprint density at radius 3 is 2.67 bits per heavy atom. The van der Waals surface area contributed by atoms with E-state index in [-0.39, 0.29) is 16.6 Å². The lowest BCUT2D eigenvalue weighted by Gasteiger charge is -2.03. The lowest BCUT2D eigenvalue weighted by Crippen LogP contribution is -2.15. The highest BCUT2D eigenvalue weighted by atomic mass is 16.6. The zero-order valence-corrected chi connectivity index (χ0v) is 9.26. The summed E-state index contributed by atoms with van der Waals surface area (Å²) in [6, 6.07) is 2.45. The number of carbonyl (C=O) groups is 1. The Labute approximate surface area is 99.8 Å². The van der Waals surface area contributed by atoms with Crippen LogP contribution in [0, 0.1) is 17.0 Å². The predicted molar refractivity (Wildman–Crippen MR) is 62.9 cm³/mol. The molecule has 0 aliphatic rings. The summed E-state index contributed by atoms with van der Waals surface area (Å²) in [7, 11) is 0. The number of carboxylic acids is 1. The van der Waals surface area contributed by atoms with Gasteiger partial charge >= 0.3 is 5.97 Å². The standard InChI is InChI=1S/C11H8N2O5/c1-5-8(13(17)18)3-2-6-9(5)12-4-7(10(6)14)11(15)16/h2-4H,1H3,(H,12,14)(H,15,16). The Bertz CT molecular complexity index is 732. The van der Waals surface area contributed by atoms with Gasteiger partial charge in [-0.05, 0) is 13.0 Å². The van der Waals surface area contributed by atoms with Crippen LogP contribution in [0.1, 0.15) is 15.9 Å². The van der Waals surface area contributed by atoms with Crippen LogP contribution in [0.25, 0.3) is 10.9 Å². The highest BCUT2D eigenvalue weighted by Gasteiger charge is 2.17. The summed E-state index contributed by atoms with van der Waals surface area (Å²) < 4.78 is 0. The molecule has 0 amide bonds. The van der Waals surface area contributed by atoms with Gasteiger partial charge in [0.15, 0.2) is 0 Å². The van der Waals surface area contributed by atoms with Gasteiger partial charge in [0.25, 0.3) is 5.69 Å². The van der Waals surface area contributed by atoms with Crippen molar-refractivity contribution >= 4 is 22.6 Å². The van der Waals surface area contributed by atoms with Crippen molar-refractivity contribution in [2.75, 3.05) is 0 Å².